The van der Waals surface area contributed by atoms with Gasteiger partial charge in [0.05, 0.1) is 27.1 Å². The topological polar surface area (TPSA) is 132 Å². The van der Waals surface area contributed by atoms with Crippen molar-refractivity contribution in [2.75, 3.05) is 5.73 Å². The van der Waals surface area contributed by atoms with Gasteiger partial charge in [-0.3, -0.25) is 14.5 Å². The molecule has 4 aromatic rings. The van der Waals surface area contributed by atoms with Crippen LogP contribution in [0.5, 0.6) is 0 Å². The number of nitrogens with zero attached hydrogens (tertiary/aromatic N) is 4. The van der Waals surface area contributed by atoms with E-state index in [1.165, 1.54) is 0 Å². The Labute approximate surface area is 216 Å². The van der Waals surface area contributed by atoms with E-state index in [0.29, 0.717) is 54.5 Å². The third-order valence-corrected chi connectivity index (χ3v) is 9.89. The fourth-order valence-electron chi connectivity index (χ4n) is 5.02. The van der Waals surface area contributed by atoms with Crippen molar-refractivity contribution >= 4 is 54.2 Å². The minimum Gasteiger partial charge on any atom is -0.383 e. The first-order chi connectivity index (χ1) is 17.3. The monoisotopic (exact) mass is 568 g/mol. The lowest BCUT2D eigenvalue weighted by molar-refractivity contribution is -0.124. The highest BCUT2D eigenvalue weighted by atomic mass is 79.9. The number of carbonyl (C=O) groups excluding carboxylic acids is 1. The van der Waals surface area contributed by atoms with Gasteiger partial charge in [-0.25, -0.2) is 13.4 Å². The molecule has 9 nitrogen and oxygen atoms in total. The number of halogens is 1. The highest BCUT2D eigenvalue weighted by Crippen LogP contribution is 2.41. The number of nitrogens with two attached hydrogens (primary N) is 1. The standard InChI is InChI=1S/C25H25BrN6O3S/c26-21-22(14-5-7-15(8-6-14)25(33)31-36(34,35)18-9-10-18)30-24-19(13-29-32(24)23(21)27)17-11-16-3-1-2-4-20(16)28-12-17/h1-4,11-15,18H,5-10,27H2,(H,31,33)/t14-,15-. The molecule has 2 saturated carbocycles. The van der Waals surface area contributed by atoms with Crippen molar-refractivity contribution in [3.05, 3.63) is 52.9 Å². The molecule has 186 valence electrons. The molecule has 3 N–H and O–H groups in total. The molecule has 2 aliphatic rings. The summed E-state index contributed by atoms with van der Waals surface area (Å²) in [5, 5.41) is 5.09. The van der Waals surface area contributed by atoms with Crippen LogP contribution >= 0.6 is 15.9 Å². The van der Waals surface area contributed by atoms with Crippen molar-refractivity contribution in [1.29, 1.82) is 0 Å². The number of para-hydroxylation sites is 1. The Morgan fingerprint density at radius 1 is 1.08 bits per heavy atom. The number of sulfonamides is 1. The molecule has 6 rings (SSSR count). The van der Waals surface area contributed by atoms with Crippen LogP contribution in [0.25, 0.3) is 27.7 Å². The fraction of sp³-hybridized carbons (Fsp3) is 0.360. The number of fused-ring (bicyclic) bond motifs is 2. The van der Waals surface area contributed by atoms with Crippen molar-refractivity contribution in [3.63, 3.8) is 0 Å². The average molecular weight is 569 g/mol. The van der Waals surface area contributed by atoms with E-state index < -0.39 is 15.3 Å². The Kier molecular flexibility index (Phi) is 5.71. The van der Waals surface area contributed by atoms with Gasteiger partial charge in [0.25, 0.3) is 0 Å². The van der Waals surface area contributed by atoms with Gasteiger partial charge in [0, 0.05) is 34.5 Å². The normalized spacial score (nSPS) is 20.6. The second-order valence-electron chi connectivity index (χ2n) is 9.67. The van der Waals surface area contributed by atoms with E-state index in [-0.39, 0.29) is 17.7 Å². The third-order valence-electron chi connectivity index (χ3n) is 7.24. The first-order valence-electron chi connectivity index (χ1n) is 12.0. The molecule has 1 amide bonds. The van der Waals surface area contributed by atoms with Crippen LogP contribution in [0.3, 0.4) is 0 Å². The summed E-state index contributed by atoms with van der Waals surface area (Å²) in [5.41, 5.74) is 10.6. The molecule has 0 aliphatic heterocycles. The van der Waals surface area contributed by atoms with Crippen molar-refractivity contribution in [1.82, 2.24) is 24.3 Å². The fourth-order valence-corrected chi connectivity index (χ4v) is 6.97. The van der Waals surface area contributed by atoms with Crippen LogP contribution < -0.4 is 10.5 Å². The molecule has 0 spiro atoms. The molecule has 36 heavy (non-hydrogen) atoms. The van der Waals surface area contributed by atoms with E-state index in [1.54, 1.807) is 10.7 Å². The Morgan fingerprint density at radius 2 is 1.83 bits per heavy atom. The maximum absolute atomic E-state index is 12.6. The summed E-state index contributed by atoms with van der Waals surface area (Å²) in [6, 6.07) is 10.00. The van der Waals surface area contributed by atoms with Crippen molar-refractivity contribution in [2.24, 2.45) is 5.92 Å². The lowest BCUT2D eigenvalue weighted by Crippen LogP contribution is -2.38. The summed E-state index contributed by atoms with van der Waals surface area (Å²) in [6.45, 7) is 0. The van der Waals surface area contributed by atoms with E-state index in [9.17, 15) is 13.2 Å². The molecule has 0 saturated heterocycles. The molecular formula is C25H25BrN6O3S. The molecule has 2 aliphatic carbocycles. The van der Waals surface area contributed by atoms with E-state index >= 15 is 0 Å². The number of aromatic nitrogens is 4. The number of hydrogen-bond acceptors (Lipinski definition) is 7. The SMILES string of the molecule is Nc1c(Br)c([C@H]2CC[C@H](C(=O)NS(=O)(=O)C3CC3)CC2)nc2c(-c3cnc4ccccc4c3)cnn12. The summed E-state index contributed by atoms with van der Waals surface area (Å²) in [6.07, 6.45) is 7.44. The Hall–Kier alpha value is -3.05. The van der Waals surface area contributed by atoms with Crippen molar-refractivity contribution < 1.29 is 13.2 Å². The lowest BCUT2D eigenvalue weighted by Gasteiger charge is -2.28. The molecule has 0 unspecified atom stereocenters. The van der Waals surface area contributed by atoms with Gasteiger partial charge in [-0.2, -0.15) is 9.61 Å². The summed E-state index contributed by atoms with van der Waals surface area (Å²) in [4.78, 5) is 22.2. The number of nitrogens with one attached hydrogen (secondary N) is 1. The van der Waals surface area contributed by atoms with Crippen LogP contribution in [0.15, 0.2) is 47.2 Å². The van der Waals surface area contributed by atoms with Gasteiger partial charge in [0.2, 0.25) is 15.9 Å². The highest BCUT2D eigenvalue weighted by Gasteiger charge is 2.39. The van der Waals surface area contributed by atoms with Gasteiger partial charge in [-0.15, -0.1) is 0 Å². The summed E-state index contributed by atoms with van der Waals surface area (Å²) < 4.78 is 28.9. The van der Waals surface area contributed by atoms with E-state index in [0.717, 1.165) is 27.7 Å². The van der Waals surface area contributed by atoms with Crippen LogP contribution in [0.2, 0.25) is 0 Å². The first kappa shape index (κ1) is 23.4. The molecule has 2 fully saturated rings. The summed E-state index contributed by atoms with van der Waals surface area (Å²) in [5.74, 6) is -0.147. The molecule has 11 heteroatoms. The van der Waals surface area contributed by atoms with E-state index in [2.05, 4.69) is 36.8 Å². The molecule has 0 bridgehead atoms. The highest BCUT2D eigenvalue weighted by molar-refractivity contribution is 9.10. The number of amides is 1. The number of benzene rings is 1. The Bertz CT molecular complexity index is 1610. The minimum atomic E-state index is -3.53. The minimum absolute atomic E-state index is 0.0910. The maximum Gasteiger partial charge on any atom is 0.237 e. The predicted octanol–water partition coefficient (Wildman–Crippen LogP) is 4.17. The van der Waals surface area contributed by atoms with E-state index in [1.807, 2.05) is 30.5 Å². The van der Waals surface area contributed by atoms with Gasteiger partial charge in [-0.05, 0) is 66.6 Å². The smallest absolute Gasteiger partial charge is 0.237 e. The number of carbonyl (C=O) groups is 1. The van der Waals surface area contributed by atoms with Crippen LogP contribution in [0, 0.1) is 5.92 Å². The second kappa shape index (κ2) is 8.81. The predicted molar refractivity (Wildman–Crippen MR) is 141 cm³/mol. The zero-order valence-corrected chi connectivity index (χ0v) is 21.8. The molecule has 0 atom stereocenters. The number of nitrogen functional groups attached to an aromatic ring is 1. The molecule has 3 heterocycles. The second-order valence-corrected chi connectivity index (χ2v) is 12.4. The molecule has 3 aromatic heterocycles. The van der Waals surface area contributed by atoms with Gasteiger partial charge in [0.1, 0.15) is 5.82 Å². The summed E-state index contributed by atoms with van der Waals surface area (Å²) in [7, 11) is -3.53. The van der Waals surface area contributed by atoms with Crippen LogP contribution in [0.1, 0.15) is 50.1 Å². The van der Waals surface area contributed by atoms with Crippen LogP contribution in [-0.4, -0.2) is 39.2 Å². The van der Waals surface area contributed by atoms with Crippen molar-refractivity contribution in [3.8, 4) is 11.1 Å². The quantitative estimate of drug-likeness (QED) is 0.369. The van der Waals surface area contributed by atoms with Gasteiger partial charge >= 0.3 is 0 Å². The van der Waals surface area contributed by atoms with Gasteiger partial charge < -0.3 is 5.73 Å². The third kappa shape index (κ3) is 4.13. The number of rotatable bonds is 5. The number of anilines is 1. The van der Waals surface area contributed by atoms with Crippen LogP contribution in [0.4, 0.5) is 5.82 Å². The molecule has 1 aromatic carbocycles. The zero-order valence-electron chi connectivity index (χ0n) is 19.4. The van der Waals surface area contributed by atoms with E-state index in [4.69, 9.17) is 10.7 Å². The molecular weight excluding hydrogens is 544 g/mol. The largest absolute Gasteiger partial charge is 0.383 e. The zero-order chi connectivity index (χ0) is 25.0. The Balaban J connectivity index is 1.27. The molecule has 0 radical (unpaired) electrons. The number of hydrogen-bond donors (Lipinski definition) is 2. The maximum atomic E-state index is 12.6. The van der Waals surface area contributed by atoms with Crippen molar-refractivity contribution in [2.45, 2.75) is 49.7 Å². The van der Waals surface area contributed by atoms with Gasteiger partial charge in [-0.1, -0.05) is 18.2 Å². The lowest BCUT2D eigenvalue weighted by atomic mass is 9.80. The average Bonchev–Trinajstić information content (AvgIpc) is 3.67. The van der Waals surface area contributed by atoms with Crippen LogP contribution in [-0.2, 0) is 14.8 Å². The van der Waals surface area contributed by atoms with Gasteiger partial charge in [0.15, 0.2) is 5.65 Å². The first-order valence-corrected chi connectivity index (χ1v) is 14.4. The summed E-state index contributed by atoms with van der Waals surface area (Å²) >= 11 is 3.62. The Morgan fingerprint density at radius 3 is 2.58 bits per heavy atom. The number of pyridine rings is 1.